The average molecular weight is 322 g/mol. The van der Waals surface area contributed by atoms with Crippen LogP contribution in [0.25, 0.3) is 6.08 Å². The highest BCUT2D eigenvalue weighted by atomic mass is 16.3. The van der Waals surface area contributed by atoms with Gasteiger partial charge < -0.3 is 15.7 Å². The molecule has 1 heterocycles. The summed E-state index contributed by atoms with van der Waals surface area (Å²) in [4.78, 5) is 23.4. The molecule has 2 aromatic carbocycles. The largest absolute Gasteiger partial charge is 0.508 e. The van der Waals surface area contributed by atoms with Crippen LogP contribution in [0.1, 0.15) is 29.7 Å². The van der Waals surface area contributed by atoms with Gasteiger partial charge in [-0.2, -0.15) is 0 Å². The molecule has 0 radical (unpaired) electrons. The molecular weight excluding hydrogens is 304 g/mol. The molecule has 1 aliphatic rings. The fraction of sp³-hybridized carbons (Fsp3) is 0.158. The summed E-state index contributed by atoms with van der Waals surface area (Å²) >= 11 is 0. The Morgan fingerprint density at radius 3 is 2.92 bits per heavy atom. The van der Waals surface area contributed by atoms with E-state index in [1.54, 1.807) is 30.3 Å². The van der Waals surface area contributed by atoms with Crippen molar-refractivity contribution in [3.8, 4) is 5.75 Å². The molecule has 1 unspecified atom stereocenters. The first-order valence-corrected chi connectivity index (χ1v) is 7.71. The predicted molar refractivity (Wildman–Crippen MR) is 92.5 cm³/mol. The van der Waals surface area contributed by atoms with Gasteiger partial charge in [0.05, 0.1) is 12.5 Å². The van der Waals surface area contributed by atoms with E-state index in [1.165, 1.54) is 6.08 Å². The van der Waals surface area contributed by atoms with E-state index >= 15 is 0 Å². The standard InChI is InChI=1S/C19H18N2O3/c1-12(14-6-7-17-15(10-14)11-19(24)21-17)20-18(23)8-5-13-3-2-4-16(22)9-13/h2-10,12,22H,11H2,1H3,(H,20,23)(H,21,24). The van der Waals surface area contributed by atoms with Gasteiger partial charge in [-0.1, -0.05) is 24.3 Å². The smallest absolute Gasteiger partial charge is 0.244 e. The van der Waals surface area contributed by atoms with Gasteiger partial charge in [-0.25, -0.2) is 0 Å². The van der Waals surface area contributed by atoms with E-state index in [2.05, 4.69) is 10.6 Å². The molecular formula is C19H18N2O3. The van der Waals surface area contributed by atoms with Gasteiger partial charge in [-0.3, -0.25) is 9.59 Å². The summed E-state index contributed by atoms with van der Waals surface area (Å²) in [5.74, 6) is -0.0688. The minimum absolute atomic E-state index is 0.00659. The van der Waals surface area contributed by atoms with Crippen molar-refractivity contribution in [2.24, 2.45) is 0 Å². The van der Waals surface area contributed by atoms with Crippen molar-refractivity contribution in [2.75, 3.05) is 5.32 Å². The third-order valence-electron chi connectivity index (χ3n) is 3.91. The molecule has 0 aromatic heterocycles. The van der Waals surface area contributed by atoms with Crippen LogP contribution in [0.15, 0.2) is 48.5 Å². The maximum Gasteiger partial charge on any atom is 0.244 e. The highest BCUT2D eigenvalue weighted by Gasteiger charge is 2.19. The van der Waals surface area contributed by atoms with Gasteiger partial charge >= 0.3 is 0 Å². The highest BCUT2D eigenvalue weighted by Crippen LogP contribution is 2.26. The second-order valence-corrected chi connectivity index (χ2v) is 5.80. The highest BCUT2D eigenvalue weighted by molar-refractivity contribution is 5.99. The number of anilines is 1. The minimum atomic E-state index is -0.222. The number of fused-ring (bicyclic) bond motifs is 1. The lowest BCUT2D eigenvalue weighted by Crippen LogP contribution is -2.24. The molecule has 0 fully saturated rings. The van der Waals surface area contributed by atoms with Gasteiger partial charge in [-0.15, -0.1) is 0 Å². The predicted octanol–water partition coefficient (Wildman–Crippen LogP) is 2.78. The van der Waals surface area contributed by atoms with Crippen molar-refractivity contribution in [3.05, 3.63) is 65.2 Å². The number of rotatable bonds is 4. The van der Waals surface area contributed by atoms with E-state index in [0.717, 1.165) is 22.4 Å². The minimum Gasteiger partial charge on any atom is -0.508 e. The monoisotopic (exact) mass is 322 g/mol. The molecule has 0 bridgehead atoms. The fourth-order valence-corrected chi connectivity index (χ4v) is 2.66. The summed E-state index contributed by atoms with van der Waals surface area (Å²) in [6, 6.07) is 12.2. The Labute approximate surface area is 140 Å². The molecule has 0 saturated carbocycles. The maximum absolute atomic E-state index is 12.0. The van der Waals surface area contributed by atoms with Crippen LogP contribution in [-0.4, -0.2) is 16.9 Å². The van der Waals surface area contributed by atoms with E-state index in [0.29, 0.717) is 6.42 Å². The number of carbonyl (C=O) groups excluding carboxylic acids is 2. The Balaban J connectivity index is 1.64. The Morgan fingerprint density at radius 1 is 1.29 bits per heavy atom. The summed E-state index contributed by atoms with van der Waals surface area (Å²) < 4.78 is 0. The van der Waals surface area contributed by atoms with Crippen LogP contribution in [0.3, 0.4) is 0 Å². The molecule has 0 spiro atoms. The van der Waals surface area contributed by atoms with Crippen molar-refractivity contribution < 1.29 is 14.7 Å². The van der Waals surface area contributed by atoms with E-state index in [9.17, 15) is 14.7 Å². The van der Waals surface area contributed by atoms with Crippen LogP contribution in [-0.2, 0) is 16.0 Å². The van der Waals surface area contributed by atoms with Crippen molar-refractivity contribution in [2.45, 2.75) is 19.4 Å². The second-order valence-electron chi connectivity index (χ2n) is 5.80. The van der Waals surface area contributed by atoms with Crippen molar-refractivity contribution in [3.63, 3.8) is 0 Å². The Bertz CT molecular complexity index is 827. The first-order valence-electron chi connectivity index (χ1n) is 7.71. The number of phenolic OH excluding ortho intramolecular Hbond substituents is 1. The van der Waals surface area contributed by atoms with Gasteiger partial charge in [0, 0.05) is 11.8 Å². The number of hydrogen-bond acceptors (Lipinski definition) is 3. The van der Waals surface area contributed by atoms with Gasteiger partial charge in [0.15, 0.2) is 0 Å². The van der Waals surface area contributed by atoms with Gasteiger partial charge in [0.1, 0.15) is 5.75 Å². The molecule has 0 saturated heterocycles. The Morgan fingerprint density at radius 2 is 2.12 bits per heavy atom. The Hall–Kier alpha value is -3.08. The van der Waals surface area contributed by atoms with Crippen LogP contribution in [0.4, 0.5) is 5.69 Å². The van der Waals surface area contributed by atoms with E-state index in [4.69, 9.17) is 0 Å². The molecule has 5 heteroatoms. The molecule has 1 atom stereocenters. The quantitative estimate of drug-likeness (QED) is 0.757. The lowest BCUT2D eigenvalue weighted by molar-refractivity contribution is -0.117. The molecule has 2 amide bonds. The summed E-state index contributed by atoms with van der Waals surface area (Å²) in [6.45, 7) is 1.89. The van der Waals surface area contributed by atoms with Crippen LogP contribution in [0, 0.1) is 0 Å². The lowest BCUT2D eigenvalue weighted by atomic mass is 10.0. The van der Waals surface area contributed by atoms with Crippen LogP contribution < -0.4 is 10.6 Å². The third-order valence-corrected chi connectivity index (χ3v) is 3.91. The number of carbonyl (C=O) groups is 2. The summed E-state index contributed by atoms with van der Waals surface area (Å²) in [6.07, 6.45) is 3.46. The average Bonchev–Trinajstić information content (AvgIpc) is 2.92. The van der Waals surface area contributed by atoms with Crippen LogP contribution in [0.5, 0.6) is 5.75 Å². The third kappa shape index (κ3) is 3.63. The molecule has 122 valence electrons. The Kier molecular flexibility index (Phi) is 4.33. The lowest BCUT2D eigenvalue weighted by Gasteiger charge is -2.14. The topological polar surface area (TPSA) is 78.4 Å². The van der Waals surface area contributed by atoms with Crippen molar-refractivity contribution in [1.82, 2.24) is 5.32 Å². The summed E-state index contributed by atoms with van der Waals surface area (Å²) in [7, 11) is 0. The van der Waals surface area contributed by atoms with Crippen molar-refractivity contribution in [1.29, 1.82) is 0 Å². The second kappa shape index (κ2) is 6.58. The molecule has 0 aliphatic carbocycles. The number of aromatic hydroxyl groups is 1. The first kappa shape index (κ1) is 15.8. The molecule has 3 N–H and O–H groups in total. The number of benzene rings is 2. The van der Waals surface area contributed by atoms with E-state index in [-0.39, 0.29) is 23.6 Å². The SMILES string of the molecule is CC(NC(=O)C=Cc1cccc(O)c1)c1ccc2c(c1)CC(=O)N2. The van der Waals surface area contributed by atoms with Crippen molar-refractivity contribution >= 4 is 23.6 Å². The van der Waals surface area contributed by atoms with Gasteiger partial charge in [0.2, 0.25) is 11.8 Å². The molecule has 3 rings (SSSR count). The van der Waals surface area contributed by atoms with Gasteiger partial charge in [-0.05, 0) is 47.9 Å². The summed E-state index contributed by atoms with van der Waals surface area (Å²) in [5, 5.41) is 15.1. The zero-order chi connectivity index (χ0) is 17.1. The number of phenols is 1. The fourth-order valence-electron chi connectivity index (χ4n) is 2.66. The normalized spacial score (nSPS) is 14.3. The number of hydrogen-bond donors (Lipinski definition) is 3. The zero-order valence-corrected chi connectivity index (χ0v) is 13.2. The molecule has 24 heavy (non-hydrogen) atoms. The molecule has 1 aliphatic heterocycles. The summed E-state index contributed by atoms with van der Waals surface area (Å²) in [5.41, 5.74) is 3.49. The maximum atomic E-state index is 12.0. The first-order chi connectivity index (χ1) is 11.5. The van der Waals surface area contributed by atoms with Gasteiger partial charge in [0.25, 0.3) is 0 Å². The number of nitrogens with one attached hydrogen (secondary N) is 2. The molecule has 2 aromatic rings. The van der Waals surface area contributed by atoms with E-state index in [1.807, 2.05) is 25.1 Å². The van der Waals surface area contributed by atoms with Crippen LogP contribution in [0.2, 0.25) is 0 Å². The molecule has 5 nitrogen and oxygen atoms in total. The zero-order valence-electron chi connectivity index (χ0n) is 13.2. The van der Waals surface area contributed by atoms with E-state index < -0.39 is 0 Å². The number of amides is 2. The van der Waals surface area contributed by atoms with Crippen LogP contribution >= 0.6 is 0 Å².